The number of hydrogen-bond acceptors (Lipinski definition) is 5. The monoisotopic (exact) mass is 247 g/mol. The van der Waals surface area contributed by atoms with E-state index in [4.69, 9.17) is 19.9 Å². The van der Waals surface area contributed by atoms with Crippen molar-refractivity contribution in [3.05, 3.63) is 0 Å². The van der Waals surface area contributed by atoms with Gasteiger partial charge in [0.1, 0.15) is 0 Å². The normalized spacial score (nSPS) is 18.1. The van der Waals surface area contributed by atoms with Gasteiger partial charge in [-0.05, 0) is 19.3 Å². The fraction of sp³-hybridized carbons (Fsp3) is 0.800. The molecule has 0 spiro atoms. The van der Waals surface area contributed by atoms with Crippen LogP contribution in [0.1, 0.15) is 25.7 Å². The second-order valence-electron chi connectivity index (χ2n) is 3.83. The van der Waals surface area contributed by atoms with Crippen molar-refractivity contribution in [2.24, 2.45) is 5.92 Å². The summed E-state index contributed by atoms with van der Waals surface area (Å²) in [7, 11) is 0. The summed E-state index contributed by atoms with van der Waals surface area (Å²) in [5.41, 5.74) is 0. The van der Waals surface area contributed by atoms with E-state index in [1.165, 1.54) is 5.23 Å². The zero-order chi connectivity index (χ0) is 12.7. The average Bonchev–Trinajstić information content (AvgIpc) is 2.74. The van der Waals surface area contributed by atoms with Crippen molar-refractivity contribution >= 4 is 11.9 Å². The molecule has 1 heterocycles. The maximum absolute atomic E-state index is 10.9. The number of rotatable bonds is 8. The van der Waals surface area contributed by atoms with E-state index in [1.807, 2.05) is 0 Å². The summed E-state index contributed by atoms with van der Waals surface area (Å²) in [6, 6.07) is 0. The van der Waals surface area contributed by atoms with Crippen molar-refractivity contribution in [3.63, 3.8) is 0 Å². The number of carboxylic acid groups (broad SMARTS) is 2. The minimum absolute atomic E-state index is 0.000490. The summed E-state index contributed by atoms with van der Waals surface area (Å²) in [5, 5.41) is 18.7. The first-order valence-corrected chi connectivity index (χ1v) is 5.57. The molecule has 1 rings (SSSR count). The number of nitrogens with zero attached hydrogens (tertiary/aromatic N) is 1. The van der Waals surface area contributed by atoms with Gasteiger partial charge in [-0.1, -0.05) is 5.23 Å². The molecule has 0 aromatic heterocycles. The largest absolute Gasteiger partial charge is 0.481 e. The smallest absolute Gasteiger partial charge is 0.306 e. The van der Waals surface area contributed by atoms with E-state index in [0.29, 0.717) is 39.0 Å². The number of hydrogen-bond donors (Lipinski definition) is 2. The first-order chi connectivity index (χ1) is 8.09. The summed E-state index contributed by atoms with van der Waals surface area (Å²) < 4.78 is 0. The molecular formula is C10H17NO6. The molecule has 0 bridgehead atoms. The SMILES string of the molecule is O=C(O)CCCC(CCN1OCCO1)C(=O)O. The molecule has 7 heteroatoms. The van der Waals surface area contributed by atoms with Gasteiger partial charge in [0.15, 0.2) is 0 Å². The van der Waals surface area contributed by atoms with Crippen LogP contribution in [0, 0.1) is 5.92 Å². The van der Waals surface area contributed by atoms with E-state index >= 15 is 0 Å². The molecule has 2 N–H and O–H groups in total. The molecule has 0 aliphatic carbocycles. The summed E-state index contributed by atoms with van der Waals surface area (Å²) in [6.07, 6.45) is 1.11. The molecule has 17 heavy (non-hydrogen) atoms. The van der Waals surface area contributed by atoms with Crippen molar-refractivity contribution in [1.29, 1.82) is 0 Å². The molecule has 0 saturated carbocycles. The van der Waals surface area contributed by atoms with E-state index in [1.54, 1.807) is 0 Å². The van der Waals surface area contributed by atoms with E-state index in [9.17, 15) is 9.59 Å². The molecular weight excluding hydrogens is 230 g/mol. The van der Waals surface area contributed by atoms with Gasteiger partial charge >= 0.3 is 11.9 Å². The lowest BCUT2D eigenvalue weighted by Gasteiger charge is -2.15. The Bertz CT molecular complexity index is 264. The van der Waals surface area contributed by atoms with Crippen LogP contribution in [0.3, 0.4) is 0 Å². The van der Waals surface area contributed by atoms with Crippen molar-refractivity contribution in [2.75, 3.05) is 19.8 Å². The van der Waals surface area contributed by atoms with Gasteiger partial charge < -0.3 is 10.2 Å². The Morgan fingerprint density at radius 1 is 1.18 bits per heavy atom. The summed E-state index contributed by atoms with van der Waals surface area (Å²) >= 11 is 0. The molecule has 0 aromatic carbocycles. The van der Waals surface area contributed by atoms with Crippen molar-refractivity contribution < 1.29 is 29.5 Å². The van der Waals surface area contributed by atoms with Crippen LogP contribution >= 0.6 is 0 Å². The molecule has 7 nitrogen and oxygen atoms in total. The van der Waals surface area contributed by atoms with Crippen LogP contribution in [-0.2, 0) is 19.3 Å². The highest BCUT2D eigenvalue weighted by molar-refractivity contribution is 5.70. The van der Waals surface area contributed by atoms with Crippen LogP contribution in [0.15, 0.2) is 0 Å². The van der Waals surface area contributed by atoms with E-state index in [-0.39, 0.29) is 6.42 Å². The average molecular weight is 247 g/mol. The minimum atomic E-state index is -0.908. The van der Waals surface area contributed by atoms with Gasteiger partial charge in [0, 0.05) is 6.42 Å². The highest BCUT2D eigenvalue weighted by atomic mass is 17.0. The number of aliphatic carboxylic acids is 2. The Kier molecular flexibility index (Phi) is 5.88. The predicted octanol–water partition coefficient (Wildman–Crippen LogP) is 0.511. The summed E-state index contributed by atoms with van der Waals surface area (Å²) in [6.45, 7) is 1.34. The third-order valence-corrected chi connectivity index (χ3v) is 2.51. The van der Waals surface area contributed by atoms with Crippen LogP contribution in [0.25, 0.3) is 0 Å². The lowest BCUT2D eigenvalue weighted by Crippen LogP contribution is -2.24. The van der Waals surface area contributed by atoms with Gasteiger partial charge in [-0.15, -0.1) is 0 Å². The topological polar surface area (TPSA) is 96.3 Å². The number of carboxylic acids is 2. The van der Waals surface area contributed by atoms with E-state index in [2.05, 4.69) is 0 Å². The zero-order valence-electron chi connectivity index (χ0n) is 9.50. The number of carbonyl (C=O) groups is 2. The highest BCUT2D eigenvalue weighted by Gasteiger charge is 2.21. The molecule has 0 radical (unpaired) electrons. The second kappa shape index (κ2) is 7.21. The van der Waals surface area contributed by atoms with Gasteiger partial charge in [0.05, 0.1) is 25.7 Å². The van der Waals surface area contributed by atoms with E-state index < -0.39 is 17.9 Å². The quantitative estimate of drug-likeness (QED) is 0.645. The van der Waals surface area contributed by atoms with Crippen LogP contribution < -0.4 is 0 Å². The predicted molar refractivity (Wildman–Crippen MR) is 55.8 cm³/mol. The summed E-state index contributed by atoms with van der Waals surface area (Å²) in [5.74, 6) is -2.36. The van der Waals surface area contributed by atoms with Crippen molar-refractivity contribution in [2.45, 2.75) is 25.7 Å². The molecule has 0 amide bonds. The Labute approximate surface area is 98.8 Å². The fourth-order valence-corrected chi connectivity index (χ4v) is 1.60. The Morgan fingerprint density at radius 3 is 2.35 bits per heavy atom. The van der Waals surface area contributed by atoms with Gasteiger partial charge in [0.2, 0.25) is 0 Å². The lowest BCUT2D eigenvalue weighted by molar-refractivity contribution is -0.299. The number of hydroxylamine groups is 2. The molecule has 0 aromatic rings. The maximum Gasteiger partial charge on any atom is 0.306 e. The minimum Gasteiger partial charge on any atom is -0.481 e. The van der Waals surface area contributed by atoms with Crippen LogP contribution in [0.5, 0.6) is 0 Å². The molecule has 98 valence electrons. The Morgan fingerprint density at radius 2 is 1.82 bits per heavy atom. The first kappa shape index (κ1) is 13.9. The van der Waals surface area contributed by atoms with Gasteiger partial charge in [-0.3, -0.25) is 19.3 Å². The van der Waals surface area contributed by atoms with Gasteiger partial charge in [-0.2, -0.15) is 0 Å². The van der Waals surface area contributed by atoms with Gasteiger partial charge in [0.25, 0.3) is 0 Å². The fourth-order valence-electron chi connectivity index (χ4n) is 1.60. The zero-order valence-corrected chi connectivity index (χ0v) is 9.50. The van der Waals surface area contributed by atoms with Crippen LogP contribution in [0.2, 0.25) is 0 Å². The third kappa shape index (κ3) is 5.62. The lowest BCUT2D eigenvalue weighted by atomic mass is 9.98. The summed E-state index contributed by atoms with van der Waals surface area (Å²) in [4.78, 5) is 31.4. The Hall–Kier alpha value is -1.18. The molecule has 1 unspecified atom stereocenters. The van der Waals surface area contributed by atoms with Crippen molar-refractivity contribution in [3.8, 4) is 0 Å². The third-order valence-electron chi connectivity index (χ3n) is 2.51. The Balaban J connectivity index is 2.22. The molecule has 1 aliphatic rings. The molecule has 1 fully saturated rings. The second-order valence-corrected chi connectivity index (χ2v) is 3.83. The van der Waals surface area contributed by atoms with Crippen molar-refractivity contribution in [1.82, 2.24) is 5.23 Å². The van der Waals surface area contributed by atoms with E-state index in [0.717, 1.165) is 0 Å². The maximum atomic E-state index is 10.9. The molecule has 1 aliphatic heterocycles. The standard InChI is InChI=1S/C10H17NO6/c12-9(13)3-1-2-8(10(14)15)4-5-11-16-6-7-17-11/h8H,1-7H2,(H,12,13)(H,14,15). The molecule has 1 atom stereocenters. The van der Waals surface area contributed by atoms with Gasteiger partial charge in [-0.25, -0.2) is 0 Å². The molecule has 1 saturated heterocycles. The van der Waals surface area contributed by atoms with Crippen LogP contribution in [0.4, 0.5) is 0 Å². The van der Waals surface area contributed by atoms with Crippen LogP contribution in [-0.4, -0.2) is 47.1 Å². The first-order valence-electron chi connectivity index (χ1n) is 5.57. The highest BCUT2D eigenvalue weighted by Crippen LogP contribution is 2.15.